The van der Waals surface area contributed by atoms with E-state index in [1.54, 1.807) is 6.20 Å². The van der Waals surface area contributed by atoms with Crippen molar-refractivity contribution in [3.05, 3.63) is 162 Å². The van der Waals surface area contributed by atoms with Gasteiger partial charge in [0.15, 0.2) is 0 Å². The number of nitrogens with two attached hydrogens (primary N) is 1. The van der Waals surface area contributed by atoms with Crippen LogP contribution in [0.15, 0.2) is 139 Å². The van der Waals surface area contributed by atoms with E-state index in [-0.39, 0.29) is 6.04 Å². The maximum atomic E-state index is 5.70. The highest BCUT2D eigenvalue weighted by Crippen LogP contribution is 2.41. The molecule has 1 aliphatic heterocycles. The summed E-state index contributed by atoms with van der Waals surface area (Å²) < 4.78 is 2.50. The summed E-state index contributed by atoms with van der Waals surface area (Å²) in [6.45, 7) is 2.04. The predicted molar refractivity (Wildman–Crippen MR) is 174 cm³/mol. The molecule has 4 aromatic carbocycles. The van der Waals surface area contributed by atoms with Gasteiger partial charge >= 0.3 is 0 Å². The number of hydrogen-bond donors (Lipinski definition) is 2. The van der Waals surface area contributed by atoms with Crippen LogP contribution in [-0.2, 0) is 6.42 Å². The number of nitrogens with one attached hydrogen (secondary N) is 1. The number of hydrogen-bond acceptors (Lipinski definition) is 2. The van der Waals surface area contributed by atoms with Gasteiger partial charge in [-0.05, 0) is 72.0 Å². The quantitative estimate of drug-likeness (QED) is 0.224. The van der Waals surface area contributed by atoms with Crippen LogP contribution in [-0.4, -0.2) is 10.6 Å². The highest BCUT2D eigenvalue weighted by Gasteiger charge is 2.25. The highest BCUT2D eigenvalue weighted by atomic mass is 15.0. The van der Waals surface area contributed by atoms with E-state index in [0.717, 1.165) is 17.7 Å². The van der Waals surface area contributed by atoms with Gasteiger partial charge in [-0.25, -0.2) is 0 Å². The standard InChI is InChI=1S/C38H33N3/c1-2-26(22-23-39)35-14-9-15-36(40-35)30-18-19-32-29(24-30)17-21-34-33-20-16-28(27-10-5-3-6-11-27)25-37(33)41(38(32)34)31-12-7-4-8-13-31/h2-24,28,35,40H,25,39H2,1H3/b23-22-,26-2+. The zero-order valence-electron chi connectivity index (χ0n) is 23.2. The van der Waals surface area contributed by atoms with Gasteiger partial charge in [0.2, 0.25) is 0 Å². The van der Waals surface area contributed by atoms with Gasteiger partial charge in [-0.1, -0.05) is 103 Å². The molecule has 0 radical (unpaired) electrons. The zero-order chi connectivity index (χ0) is 27.8. The van der Waals surface area contributed by atoms with Crippen LogP contribution < -0.4 is 11.1 Å². The number of nitrogens with zero attached hydrogens (tertiary/aromatic N) is 1. The summed E-state index contributed by atoms with van der Waals surface area (Å²) in [6, 6.07) is 33.2. The van der Waals surface area contributed by atoms with Crippen LogP contribution in [0.5, 0.6) is 0 Å². The largest absolute Gasteiger partial charge is 0.405 e. The van der Waals surface area contributed by atoms with Crippen LogP contribution >= 0.6 is 0 Å². The van der Waals surface area contributed by atoms with Crippen LogP contribution in [0.2, 0.25) is 0 Å². The summed E-state index contributed by atoms with van der Waals surface area (Å²) >= 11 is 0. The number of fused-ring (bicyclic) bond motifs is 5. The van der Waals surface area contributed by atoms with Gasteiger partial charge in [0.05, 0.1) is 11.6 Å². The first-order valence-electron chi connectivity index (χ1n) is 14.3. The lowest BCUT2D eigenvalue weighted by molar-refractivity contribution is 0.783. The summed E-state index contributed by atoms with van der Waals surface area (Å²) in [6.07, 6.45) is 17.8. The molecule has 3 heteroatoms. The van der Waals surface area contributed by atoms with E-state index in [4.69, 9.17) is 5.73 Å². The van der Waals surface area contributed by atoms with Gasteiger partial charge in [0.1, 0.15) is 0 Å². The molecule has 3 N–H and O–H groups in total. The Kier molecular flexibility index (Phi) is 6.41. The third-order valence-corrected chi connectivity index (χ3v) is 8.41. The Morgan fingerprint density at radius 1 is 0.902 bits per heavy atom. The van der Waals surface area contributed by atoms with Gasteiger partial charge in [-0.15, -0.1) is 0 Å². The third-order valence-electron chi connectivity index (χ3n) is 8.41. The summed E-state index contributed by atoms with van der Waals surface area (Å²) in [4.78, 5) is 0. The van der Waals surface area contributed by atoms with Gasteiger partial charge in [0.25, 0.3) is 0 Å². The van der Waals surface area contributed by atoms with Crippen molar-refractivity contribution < 1.29 is 0 Å². The normalized spacial score (nSPS) is 18.6. The maximum Gasteiger partial charge on any atom is 0.0698 e. The number of para-hydroxylation sites is 1. The van der Waals surface area contributed by atoms with E-state index in [9.17, 15) is 0 Å². The lowest BCUT2D eigenvalue weighted by Gasteiger charge is -2.23. The molecule has 2 heterocycles. The van der Waals surface area contributed by atoms with Crippen molar-refractivity contribution in [2.24, 2.45) is 5.73 Å². The fourth-order valence-electron chi connectivity index (χ4n) is 6.41. The van der Waals surface area contributed by atoms with E-state index in [1.807, 2.05) is 13.0 Å². The van der Waals surface area contributed by atoms with Crippen molar-refractivity contribution in [3.63, 3.8) is 0 Å². The first kappa shape index (κ1) is 25.0. The summed E-state index contributed by atoms with van der Waals surface area (Å²) in [5, 5.41) is 7.48. The Hall–Kier alpha value is -5.02. The molecule has 0 amide bonds. The van der Waals surface area contributed by atoms with Gasteiger partial charge in [0, 0.05) is 39.3 Å². The Morgan fingerprint density at radius 2 is 1.68 bits per heavy atom. The Morgan fingerprint density at radius 3 is 2.46 bits per heavy atom. The minimum absolute atomic E-state index is 0.0874. The molecule has 0 fully saturated rings. The fourth-order valence-corrected chi connectivity index (χ4v) is 6.41. The average Bonchev–Trinajstić information content (AvgIpc) is 3.38. The predicted octanol–water partition coefficient (Wildman–Crippen LogP) is 8.42. The first-order chi connectivity index (χ1) is 20.2. The average molecular weight is 532 g/mol. The Bertz CT molecular complexity index is 1900. The molecule has 2 aliphatic rings. The molecule has 41 heavy (non-hydrogen) atoms. The minimum atomic E-state index is 0.0874. The minimum Gasteiger partial charge on any atom is -0.405 e. The topological polar surface area (TPSA) is 43.0 Å². The van der Waals surface area contributed by atoms with E-state index < -0.39 is 0 Å². The van der Waals surface area contributed by atoms with Crippen LogP contribution in [0, 0.1) is 0 Å². The van der Waals surface area contributed by atoms with Crippen molar-refractivity contribution >= 4 is 33.4 Å². The van der Waals surface area contributed by atoms with Crippen molar-refractivity contribution in [2.75, 3.05) is 0 Å². The molecular formula is C38H33N3. The zero-order valence-corrected chi connectivity index (χ0v) is 23.2. The summed E-state index contributed by atoms with van der Waals surface area (Å²) in [7, 11) is 0. The van der Waals surface area contributed by atoms with Gasteiger partial charge < -0.3 is 15.6 Å². The lowest BCUT2D eigenvalue weighted by atomic mass is 9.88. The fraction of sp³-hybridized carbons (Fsp3) is 0.105. The molecule has 7 rings (SSSR count). The Balaban J connectivity index is 1.36. The molecule has 2 atom stereocenters. The van der Waals surface area contributed by atoms with E-state index in [1.165, 1.54) is 49.7 Å². The Labute approximate surface area is 241 Å². The van der Waals surface area contributed by atoms with Gasteiger partial charge in [-0.2, -0.15) is 0 Å². The molecule has 1 aliphatic carbocycles. The van der Waals surface area contributed by atoms with Crippen LogP contribution in [0.4, 0.5) is 0 Å². The number of dihydropyridines is 1. The molecule has 0 spiro atoms. The number of allylic oxidation sites excluding steroid dienone is 4. The molecule has 2 unspecified atom stereocenters. The molecular weight excluding hydrogens is 498 g/mol. The van der Waals surface area contributed by atoms with Crippen molar-refractivity contribution in [1.29, 1.82) is 0 Å². The van der Waals surface area contributed by atoms with Crippen molar-refractivity contribution in [1.82, 2.24) is 9.88 Å². The summed E-state index contributed by atoms with van der Waals surface area (Å²) in [5.41, 5.74) is 15.7. The molecule has 5 aromatic rings. The van der Waals surface area contributed by atoms with Crippen molar-refractivity contribution in [2.45, 2.75) is 25.3 Å². The van der Waals surface area contributed by atoms with Crippen LogP contribution in [0.3, 0.4) is 0 Å². The number of aromatic nitrogens is 1. The lowest BCUT2D eigenvalue weighted by Crippen LogP contribution is -2.29. The second-order valence-corrected chi connectivity index (χ2v) is 10.7. The monoisotopic (exact) mass is 531 g/mol. The molecule has 200 valence electrons. The summed E-state index contributed by atoms with van der Waals surface area (Å²) in [5.74, 6) is 0.356. The molecule has 3 nitrogen and oxygen atoms in total. The van der Waals surface area contributed by atoms with Crippen LogP contribution in [0.1, 0.15) is 35.2 Å². The second kappa shape index (κ2) is 10.5. The van der Waals surface area contributed by atoms with Crippen molar-refractivity contribution in [3.8, 4) is 5.69 Å². The molecule has 0 saturated carbocycles. The van der Waals surface area contributed by atoms with E-state index in [0.29, 0.717) is 5.92 Å². The second-order valence-electron chi connectivity index (χ2n) is 10.7. The third kappa shape index (κ3) is 4.40. The smallest absolute Gasteiger partial charge is 0.0698 e. The first-order valence-corrected chi connectivity index (χ1v) is 14.3. The number of rotatable bonds is 5. The van der Waals surface area contributed by atoms with Crippen LogP contribution in [0.25, 0.3) is 39.1 Å². The highest BCUT2D eigenvalue weighted by molar-refractivity contribution is 6.11. The maximum absolute atomic E-state index is 5.70. The molecule has 1 aromatic heterocycles. The molecule has 0 bridgehead atoms. The van der Waals surface area contributed by atoms with E-state index in [2.05, 4.69) is 137 Å². The number of benzene rings is 4. The van der Waals surface area contributed by atoms with Gasteiger partial charge in [-0.3, -0.25) is 0 Å². The SMILES string of the molecule is C/C=C(\C=C/N)C1C=CC=C(c2ccc3c(ccc4c5c(n(-c6ccccc6)c43)CC(c3ccccc3)C=C5)c2)N1. The van der Waals surface area contributed by atoms with E-state index >= 15 is 0 Å². The molecule has 0 saturated heterocycles.